The van der Waals surface area contributed by atoms with Gasteiger partial charge in [0.15, 0.2) is 0 Å². The molecule has 5 heteroatoms. The van der Waals surface area contributed by atoms with Gasteiger partial charge in [-0.2, -0.15) is 0 Å². The summed E-state index contributed by atoms with van der Waals surface area (Å²) >= 11 is 0. The first-order valence-electron chi connectivity index (χ1n) is 6.54. The van der Waals surface area contributed by atoms with E-state index in [0.29, 0.717) is 43.4 Å². The van der Waals surface area contributed by atoms with Crippen LogP contribution in [0.15, 0.2) is 18.2 Å². The van der Waals surface area contributed by atoms with Crippen LogP contribution in [0.1, 0.15) is 24.2 Å². The van der Waals surface area contributed by atoms with E-state index in [0.717, 1.165) is 0 Å². The Morgan fingerprint density at radius 1 is 1.58 bits per heavy atom. The van der Waals surface area contributed by atoms with Gasteiger partial charge in [0, 0.05) is 12.1 Å². The first-order valence-corrected chi connectivity index (χ1v) is 6.54. The second kappa shape index (κ2) is 5.93. The van der Waals surface area contributed by atoms with Gasteiger partial charge in [0.25, 0.3) is 5.91 Å². The number of amides is 1. The fraction of sp³-hybridized carbons (Fsp3) is 0.500. The molecule has 0 spiro atoms. The topological polar surface area (TPSA) is 64.8 Å². The lowest BCUT2D eigenvalue weighted by Gasteiger charge is -2.33. The summed E-state index contributed by atoms with van der Waals surface area (Å²) in [6.45, 7) is 6.22. The minimum Gasteiger partial charge on any atom is -0.492 e. The number of benzene rings is 1. The zero-order valence-corrected chi connectivity index (χ0v) is 11.4. The highest BCUT2D eigenvalue weighted by molar-refractivity contribution is 5.95. The number of hydrogen-bond donors (Lipinski definition) is 1. The Bertz CT molecular complexity index is 462. The summed E-state index contributed by atoms with van der Waals surface area (Å²) in [4.78, 5) is 14.2. The number of anilines is 1. The number of carbonyl (C=O) groups excluding carboxylic acids is 1. The minimum absolute atomic E-state index is 0.00875. The fourth-order valence-electron chi connectivity index (χ4n) is 2.16. The molecule has 1 aliphatic heterocycles. The molecular formula is C14H20N2O3. The van der Waals surface area contributed by atoms with Crippen molar-refractivity contribution in [1.82, 2.24) is 4.90 Å². The van der Waals surface area contributed by atoms with Crippen LogP contribution in [-0.2, 0) is 4.74 Å². The van der Waals surface area contributed by atoms with Gasteiger partial charge in [0.1, 0.15) is 5.75 Å². The molecular weight excluding hydrogens is 244 g/mol. The number of nitrogens with zero attached hydrogens (tertiary/aromatic N) is 1. The molecule has 0 saturated carbocycles. The van der Waals surface area contributed by atoms with Crippen LogP contribution < -0.4 is 10.5 Å². The largest absolute Gasteiger partial charge is 0.492 e. The van der Waals surface area contributed by atoms with E-state index in [1.807, 2.05) is 18.7 Å². The summed E-state index contributed by atoms with van der Waals surface area (Å²) in [5, 5.41) is 0. The normalized spacial score (nSPS) is 19.3. The molecule has 1 saturated heterocycles. The van der Waals surface area contributed by atoms with Crippen molar-refractivity contribution in [3.05, 3.63) is 23.8 Å². The average Bonchev–Trinajstić information content (AvgIpc) is 2.41. The molecule has 0 radical (unpaired) electrons. The fourth-order valence-corrected chi connectivity index (χ4v) is 2.16. The number of carbonyl (C=O) groups is 1. The summed E-state index contributed by atoms with van der Waals surface area (Å²) in [6, 6.07) is 5.27. The van der Waals surface area contributed by atoms with Gasteiger partial charge in [-0.3, -0.25) is 4.79 Å². The predicted molar refractivity (Wildman–Crippen MR) is 73.3 cm³/mol. The summed E-state index contributed by atoms with van der Waals surface area (Å²) < 4.78 is 10.7. The van der Waals surface area contributed by atoms with E-state index in [9.17, 15) is 4.79 Å². The van der Waals surface area contributed by atoms with Crippen molar-refractivity contribution in [2.75, 3.05) is 32.1 Å². The van der Waals surface area contributed by atoms with E-state index in [1.165, 1.54) is 0 Å². The van der Waals surface area contributed by atoms with E-state index in [4.69, 9.17) is 15.2 Å². The molecule has 1 atom stereocenters. The van der Waals surface area contributed by atoms with Gasteiger partial charge in [-0.15, -0.1) is 0 Å². The van der Waals surface area contributed by atoms with Gasteiger partial charge in [0.05, 0.1) is 31.5 Å². The van der Waals surface area contributed by atoms with Gasteiger partial charge in [-0.25, -0.2) is 0 Å². The first-order chi connectivity index (χ1) is 9.13. The van der Waals surface area contributed by atoms with E-state index >= 15 is 0 Å². The SMILES string of the molecule is CCOc1ccc(C(=O)N2CCOCC2C)cc1N. The highest BCUT2D eigenvalue weighted by Crippen LogP contribution is 2.24. The van der Waals surface area contributed by atoms with Gasteiger partial charge >= 0.3 is 0 Å². The maximum atomic E-state index is 12.4. The molecule has 0 aromatic heterocycles. The predicted octanol–water partition coefficient (Wildman–Crippen LogP) is 1.53. The van der Waals surface area contributed by atoms with Crippen molar-refractivity contribution in [3.63, 3.8) is 0 Å². The third kappa shape index (κ3) is 2.98. The van der Waals surface area contributed by atoms with Crippen molar-refractivity contribution in [3.8, 4) is 5.75 Å². The zero-order valence-electron chi connectivity index (χ0n) is 11.4. The van der Waals surface area contributed by atoms with Crippen LogP contribution >= 0.6 is 0 Å². The van der Waals surface area contributed by atoms with Crippen LogP contribution in [-0.4, -0.2) is 43.2 Å². The first kappa shape index (κ1) is 13.7. The standard InChI is InChI=1S/C14H20N2O3/c1-3-19-13-5-4-11(8-12(13)15)14(17)16-6-7-18-9-10(16)2/h4-5,8,10H,3,6-7,9,15H2,1-2H3. The second-order valence-electron chi connectivity index (χ2n) is 4.61. The summed E-state index contributed by atoms with van der Waals surface area (Å²) in [5.74, 6) is 0.611. The van der Waals surface area contributed by atoms with E-state index in [2.05, 4.69) is 0 Å². The van der Waals surface area contributed by atoms with Crippen LogP contribution in [0.2, 0.25) is 0 Å². The van der Waals surface area contributed by atoms with Gasteiger partial charge < -0.3 is 20.1 Å². The number of morpholine rings is 1. The Kier molecular flexibility index (Phi) is 4.27. The van der Waals surface area contributed by atoms with E-state index < -0.39 is 0 Å². The van der Waals surface area contributed by atoms with Crippen LogP contribution in [0.4, 0.5) is 5.69 Å². The second-order valence-corrected chi connectivity index (χ2v) is 4.61. The van der Waals surface area contributed by atoms with Crippen molar-refractivity contribution < 1.29 is 14.3 Å². The number of hydrogen-bond acceptors (Lipinski definition) is 4. The molecule has 0 aliphatic carbocycles. The van der Waals surface area contributed by atoms with Crippen LogP contribution in [0.25, 0.3) is 0 Å². The van der Waals surface area contributed by atoms with Crippen molar-refractivity contribution in [2.24, 2.45) is 0 Å². The molecule has 1 aliphatic rings. The third-order valence-electron chi connectivity index (χ3n) is 3.19. The molecule has 19 heavy (non-hydrogen) atoms. The summed E-state index contributed by atoms with van der Waals surface area (Å²) in [6.07, 6.45) is 0. The Hall–Kier alpha value is -1.75. The number of nitrogens with two attached hydrogens (primary N) is 1. The molecule has 1 heterocycles. The highest BCUT2D eigenvalue weighted by Gasteiger charge is 2.25. The Balaban J connectivity index is 2.17. The third-order valence-corrected chi connectivity index (χ3v) is 3.19. The summed E-state index contributed by atoms with van der Waals surface area (Å²) in [7, 11) is 0. The molecule has 1 amide bonds. The highest BCUT2D eigenvalue weighted by atomic mass is 16.5. The maximum absolute atomic E-state index is 12.4. The molecule has 1 aromatic rings. The molecule has 2 rings (SSSR count). The molecule has 1 unspecified atom stereocenters. The minimum atomic E-state index is -0.00875. The monoisotopic (exact) mass is 264 g/mol. The maximum Gasteiger partial charge on any atom is 0.254 e. The van der Waals surface area contributed by atoms with E-state index in [1.54, 1.807) is 18.2 Å². The summed E-state index contributed by atoms with van der Waals surface area (Å²) in [5.41, 5.74) is 6.98. The Labute approximate surface area is 113 Å². The Morgan fingerprint density at radius 3 is 3.00 bits per heavy atom. The lowest BCUT2D eigenvalue weighted by Crippen LogP contribution is -2.47. The number of ether oxygens (including phenoxy) is 2. The molecule has 1 fully saturated rings. The average molecular weight is 264 g/mol. The number of rotatable bonds is 3. The smallest absolute Gasteiger partial charge is 0.254 e. The van der Waals surface area contributed by atoms with Gasteiger partial charge in [-0.1, -0.05) is 0 Å². The Morgan fingerprint density at radius 2 is 2.37 bits per heavy atom. The van der Waals surface area contributed by atoms with Crippen LogP contribution in [0.3, 0.4) is 0 Å². The quantitative estimate of drug-likeness (QED) is 0.841. The van der Waals surface area contributed by atoms with Crippen LogP contribution in [0, 0.1) is 0 Å². The van der Waals surface area contributed by atoms with Gasteiger partial charge in [0.2, 0.25) is 0 Å². The van der Waals surface area contributed by atoms with Crippen molar-refractivity contribution in [2.45, 2.75) is 19.9 Å². The lowest BCUT2D eigenvalue weighted by atomic mass is 10.1. The number of nitrogen functional groups attached to an aromatic ring is 1. The lowest BCUT2D eigenvalue weighted by molar-refractivity contribution is 0.00359. The zero-order chi connectivity index (χ0) is 13.8. The van der Waals surface area contributed by atoms with Crippen molar-refractivity contribution >= 4 is 11.6 Å². The van der Waals surface area contributed by atoms with Crippen LogP contribution in [0.5, 0.6) is 5.75 Å². The van der Waals surface area contributed by atoms with Crippen molar-refractivity contribution in [1.29, 1.82) is 0 Å². The molecule has 2 N–H and O–H groups in total. The van der Waals surface area contributed by atoms with Gasteiger partial charge in [-0.05, 0) is 32.0 Å². The molecule has 5 nitrogen and oxygen atoms in total. The molecule has 0 bridgehead atoms. The molecule has 104 valence electrons. The molecule has 1 aromatic carbocycles. The van der Waals surface area contributed by atoms with E-state index in [-0.39, 0.29) is 11.9 Å².